The summed E-state index contributed by atoms with van der Waals surface area (Å²) in [6.07, 6.45) is 5.50. The molecule has 0 amide bonds. The Labute approximate surface area is 184 Å². The molecule has 0 aliphatic carbocycles. The Bertz CT molecular complexity index is 958. The number of esters is 1. The Morgan fingerprint density at radius 3 is 2.55 bits per heavy atom. The van der Waals surface area contributed by atoms with E-state index in [1.807, 2.05) is 12.1 Å². The summed E-state index contributed by atoms with van der Waals surface area (Å²) in [5.74, 6) is 0.722. The summed E-state index contributed by atoms with van der Waals surface area (Å²) < 4.78 is 16.7. The van der Waals surface area contributed by atoms with Crippen LogP contribution < -0.4 is 4.74 Å². The number of fused-ring (bicyclic) bond motifs is 1. The molecule has 2 aromatic carbocycles. The Balaban J connectivity index is 1.50. The van der Waals surface area contributed by atoms with Crippen molar-refractivity contribution in [2.75, 3.05) is 13.2 Å². The fourth-order valence-electron chi connectivity index (χ4n) is 3.44. The molecule has 0 bridgehead atoms. The van der Waals surface area contributed by atoms with Gasteiger partial charge in [-0.3, -0.25) is 0 Å². The number of carbonyl (C=O) groups is 1. The SMILES string of the molecule is CCCCCCOC(=O)c1ccc(OCC(O)c2cc3cc(CCC)ccc3o2)cc1. The number of carbonyl (C=O) groups excluding carboxylic acids is 1. The van der Waals surface area contributed by atoms with Gasteiger partial charge in [-0.25, -0.2) is 4.79 Å². The number of furan rings is 1. The monoisotopic (exact) mass is 424 g/mol. The predicted octanol–water partition coefficient (Wildman–Crippen LogP) is 6.23. The van der Waals surface area contributed by atoms with Crippen molar-refractivity contribution in [2.24, 2.45) is 0 Å². The van der Waals surface area contributed by atoms with Crippen LogP contribution in [-0.2, 0) is 11.2 Å². The topological polar surface area (TPSA) is 68.9 Å². The van der Waals surface area contributed by atoms with Crippen LogP contribution in [0.3, 0.4) is 0 Å². The molecule has 166 valence electrons. The lowest BCUT2D eigenvalue weighted by Gasteiger charge is -2.11. The van der Waals surface area contributed by atoms with E-state index in [1.165, 1.54) is 5.56 Å². The number of benzene rings is 2. The highest BCUT2D eigenvalue weighted by atomic mass is 16.5. The van der Waals surface area contributed by atoms with Crippen LogP contribution in [0.5, 0.6) is 5.75 Å². The maximum Gasteiger partial charge on any atom is 0.338 e. The minimum Gasteiger partial charge on any atom is -0.490 e. The molecule has 1 aromatic heterocycles. The second-order valence-corrected chi connectivity index (χ2v) is 7.82. The van der Waals surface area contributed by atoms with Crippen molar-refractivity contribution in [3.8, 4) is 5.75 Å². The van der Waals surface area contributed by atoms with Crippen LogP contribution in [0.1, 0.15) is 73.7 Å². The molecule has 5 nitrogen and oxygen atoms in total. The highest BCUT2D eigenvalue weighted by molar-refractivity contribution is 5.89. The zero-order chi connectivity index (χ0) is 22.1. The number of ether oxygens (including phenoxy) is 2. The lowest BCUT2D eigenvalue weighted by Crippen LogP contribution is -2.09. The van der Waals surface area contributed by atoms with E-state index in [4.69, 9.17) is 13.9 Å². The van der Waals surface area contributed by atoms with Crippen molar-refractivity contribution in [3.63, 3.8) is 0 Å². The van der Waals surface area contributed by atoms with Crippen molar-refractivity contribution < 1.29 is 23.8 Å². The molecule has 0 saturated carbocycles. The molecular formula is C26H32O5. The molecule has 0 radical (unpaired) electrons. The Morgan fingerprint density at radius 1 is 1.00 bits per heavy atom. The molecule has 0 fully saturated rings. The summed E-state index contributed by atoms with van der Waals surface area (Å²) in [6.45, 7) is 4.80. The second-order valence-electron chi connectivity index (χ2n) is 7.82. The molecule has 0 spiro atoms. The molecule has 1 heterocycles. The van der Waals surface area contributed by atoms with Gasteiger partial charge >= 0.3 is 5.97 Å². The van der Waals surface area contributed by atoms with Crippen molar-refractivity contribution in [1.82, 2.24) is 0 Å². The fraction of sp³-hybridized carbons (Fsp3) is 0.423. The van der Waals surface area contributed by atoms with Crippen molar-refractivity contribution in [2.45, 2.75) is 58.5 Å². The third kappa shape index (κ3) is 6.59. The van der Waals surface area contributed by atoms with Crippen LogP contribution in [0.4, 0.5) is 0 Å². The third-order valence-corrected chi connectivity index (χ3v) is 5.20. The van der Waals surface area contributed by atoms with Gasteiger partial charge in [0, 0.05) is 5.39 Å². The van der Waals surface area contributed by atoms with Gasteiger partial charge in [0.15, 0.2) is 0 Å². The summed E-state index contributed by atoms with van der Waals surface area (Å²) in [4.78, 5) is 12.1. The Morgan fingerprint density at radius 2 is 1.81 bits per heavy atom. The van der Waals surface area contributed by atoms with E-state index in [-0.39, 0.29) is 12.6 Å². The molecule has 0 aliphatic heterocycles. The summed E-state index contributed by atoms with van der Waals surface area (Å²) in [5, 5.41) is 11.4. The largest absolute Gasteiger partial charge is 0.490 e. The first-order valence-corrected chi connectivity index (χ1v) is 11.2. The molecule has 5 heteroatoms. The van der Waals surface area contributed by atoms with Crippen LogP contribution in [0.15, 0.2) is 52.9 Å². The Kier molecular flexibility index (Phi) is 8.53. The lowest BCUT2D eigenvalue weighted by atomic mass is 10.1. The average molecular weight is 425 g/mol. The zero-order valence-corrected chi connectivity index (χ0v) is 18.4. The molecule has 31 heavy (non-hydrogen) atoms. The van der Waals surface area contributed by atoms with Crippen LogP contribution in [0, 0.1) is 0 Å². The number of aryl methyl sites for hydroxylation is 1. The quantitative estimate of drug-likeness (QED) is 0.275. The van der Waals surface area contributed by atoms with Crippen LogP contribution >= 0.6 is 0 Å². The van der Waals surface area contributed by atoms with E-state index in [1.54, 1.807) is 24.3 Å². The van der Waals surface area contributed by atoms with E-state index in [0.29, 0.717) is 23.7 Å². The maximum atomic E-state index is 12.1. The van der Waals surface area contributed by atoms with Crippen molar-refractivity contribution in [1.29, 1.82) is 0 Å². The van der Waals surface area contributed by atoms with Gasteiger partial charge < -0.3 is 19.0 Å². The third-order valence-electron chi connectivity index (χ3n) is 5.20. The number of aliphatic hydroxyl groups is 1. The first-order valence-electron chi connectivity index (χ1n) is 11.2. The van der Waals surface area contributed by atoms with Gasteiger partial charge in [-0.15, -0.1) is 0 Å². The van der Waals surface area contributed by atoms with Gasteiger partial charge in [-0.2, -0.15) is 0 Å². The van der Waals surface area contributed by atoms with Gasteiger partial charge in [0.2, 0.25) is 0 Å². The summed E-state index contributed by atoms with van der Waals surface area (Å²) >= 11 is 0. The van der Waals surface area contributed by atoms with Gasteiger partial charge in [0.1, 0.15) is 29.8 Å². The summed E-state index contributed by atoms with van der Waals surface area (Å²) in [5.41, 5.74) is 2.50. The fourth-order valence-corrected chi connectivity index (χ4v) is 3.44. The molecule has 3 rings (SSSR count). The number of hydrogen-bond donors (Lipinski definition) is 1. The zero-order valence-electron chi connectivity index (χ0n) is 18.4. The van der Waals surface area contributed by atoms with Gasteiger partial charge in [0.05, 0.1) is 12.2 Å². The average Bonchev–Trinajstić information content (AvgIpc) is 3.21. The first-order chi connectivity index (χ1) is 15.1. The van der Waals surface area contributed by atoms with E-state index in [2.05, 4.69) is 26.0 Å². The normalized spacial score (nSPS) is 12.1. The highest BCUT2D eigenvalue weighted by Crippen LogP contribution is 2.26. The Hall–Kier alpha value is -2.79. The van der Waals surface area contributed by atoms with Gasteiger partial charge in [0.25, 0.3) is 0 Å². The summed E-state index contributed by atoms with van der Waals surface area (Å²) in [6, 6.07) is 14.7. The van der Waals surface area contributed by atoms with E-state index >= 15 is 0 Å². The molecule has 0 saturated heterocycles. The highest BCUT2D eigenvalue weighted by Gasteiger charge is 2.15. The minimum absolute atomic E-state index is 0.0584. The van der Waals surface area contributed by atoms with E-state index < -0.39 is 6.10 Å². The minimum atomic E-state index is -0.880. The van der Waals surface area contributed by atoms with Crippen LogP contribution in [0.2, 0.25) is 0 Å². The van der Waals surface area contributed by atoms with Crippen LogP contribution in [0.25, 0.3) is 11.0 Å². The van der Waals surface area contributed by atoms with Gasteiger partial charge in [-0.1, -0.05) is 45.6 Å². The lowest BCUT2D eigenvalue weighted by molar-refractivity contribution is 0.0497. The molecule has 1 atom stereocenters. The molecule has 1 unspecified atom stereocenters. The summed E-state index contributed by atoms with van der Waals surface area (Å²) in [7, 11) is 0. The number of rotatable bonds is 12. The van der Waals surface area contributed by atoms with Crippen molar-refractivity contribution >= 4 is 16.9 Å². The van der Waals surface area contributed by atoms with Crippen LogP contribution in [-0.4, -0.2) is 24.3 Å². The molecule has 0 aliphatic rings. The predicted molar refractivity (Wildman–Crippen MR) is 122 cm³/mol. The molecular weight excluding hydrogens is 392 g/mol. The van der Waals surface area contributed by atoms with E-state index in [9.17, 15) is 9.90 Å². The number of aliphatic hydroxyl groups excluding tert-OH is 1. The maximum absolute atomic E-state index is 12.1. The second kappa shape index (κ2) is 11.6. The molecule has 3 aromatic rings. The standard InChI is InChI=1S/C26H32O5/c1-3-5-6-7-15-29-26(28)20-10-12-22(13-11-20)30-18-23(27)25-17-21-16-19(8-4-2)9-14-24(21)31-25/h9-14,16-17,23,27H,3-8,15,18H2,1-2H3. The first kappa shape index (κ1) is 22.9. The van der Waals surface area contributed by atoms with E-state index in [0.717, 1.165) is 49.5 Å². The van der Waals surface area contributed by atoms with Crippen molar-refractivity contribution in [3.05, 3.63) is 65.4 Å². The van der Waals surface area contributed by atoms with Gasteiger partial charge in [-0.05, 0) is 60.9 Å². The smallest absolute Gasteiger partial charge is 0.338 e. The number of hydrogen-bond acceptors (Lipinski definition) is 5. The number of unbranched alkanes of at least 4 members (excludes halogenated alkanes) is 3. The molecule has 1 N–H and O–H groups in total.